The second kappa shape index (κ2) is 3.52. The predicted octanol–water partition coefficient (Wildman–Crippen LogP) is 1.28. The Hall–Kier alpha value is -1.12. The monoisotopic (exact) mass is 225 g/mol. The molecule has 0 bridgehead atoms. The Morgan fingerprint density at radius 2 is 2.00 bits per heavy atom. The first kappa shape index (κ1) is 7.52. The molecule has 1 N–H and O–H groups in total. The summed E-state index contributed by atoms with van der Waals surface area (Å²) in [5, 5.41) is 12.8. The van der Waals surface area contributed by atoms with Gasteiger partial charge in [-0.2, -0.15) is 0 Å². The molecular formula is C8H7N3Se. The second-order valence-corrected chi connectivity index (χ2v) is 3.98. The van der Waals surface area contributed by atoms with E-state index in [1.165, 1.54) is 0 Å². The Bertz CT molecular complexity index is 330. The second-order valence-electron chi connectivity index (χ2n) is 2.23. The van der Waals surface area contributed by atoms with Crippen molar-refractivity contribution < 1.29 is 0 Å². The summed E-state index contributed by atoms with van der Waals surface area (Å²) < 4.78 is 0.966. The van der Waals surface area contributed by atoms with E-state index in [0.717, 1.165) is 10.4 Å². The van der Waals surface area contributed by atoms with Crippen LogP contribution < -0.4 is 5.32 Å². The van der Waals surface area contributed by atoms with E-state index in [2.05, 4.69) is 15.5 Å². The van der Waals surface area contributed by atoms with Gasteiger partial charge in [-0.25, -0.2) is 0 Å². The van der Waals surface area contributed by atoms with E-state index in [1.807, 2.05) is 35.4 Å². The van der Waals surface area contributed by atoms with Crippen molar-refractivity contribution in [3.63, 3.8) is 0 Å². The van der Waals surface area contributed by atoms with E-state index in [9.17, 15) is 0 Å². The van der Waals surface area contributed by atoms with Gasteiger partial charge in [0.15, 0.2) is 0 Å². The molecule has 0 unspecified atom stereocenters. The number of para-hydroxylation sites is 1. The van der Waals surface area contributed by atoms with Gasteiger partial charge < -0.3 is 0 Å². The van der Waals surface area contributed by atoms with Crippen LogP contribution >= 0.6 is 0 Å². The number of rotatable bonds is 2. The van der Waals surface area contributed by atoms with E-state index in [4.69, 9.17) is 0 Å². The molecule has 4 heteroatoms. The van der Waals surface area contributed by atoms with Crippen LogP contribution in [-0.4, -0.2) is 24.7 Å². The van der Waals surface area contributed by atoms with Gasteiger partial charge in [0, 0.05) is 0 Å². The molecule has 0 radical (unpaired) electrons. The Labute approximate surface area is 76.2 Å². The number of anilines is 2. The van der Waals surface area contributed by atoms with Gasteiger partial charge in [0.1, 0.15) is 0 Å². The summed E-state index contributed by atoms with van der Waals surface area (Å²) in [5.74, 6) is 0. The Balaban J connectivity index is 2.15. The van der Waals surface area contributed by atoms with Gasteiger partial charge in [-0.1, -0.05) is 0 Å². The molecule has 0 saturated carbocycles. The zero-order valence-corrected chi connectivity index (χ0v) is 7.98. The van der Waals surface area contributed by atoms with Crippen molar-refractivity contribution in [3.05, 3.63) is 35.4 Å². The molecule has 12 heavy (non-hydrogen) atoms. The van der Waals surface area contributed by atoms with Crippen LogP contribution in [0.25, 0.3) is 0 Å². The van der Waals surface area contributed by atoms with Crippen molar-refractivity contribution in [1.29, 1.82) is 0 Å². The predicted molar refractivity (Wildman–Crippen MR) is 48.7 cm³/mol. The van der Waals surface area contributed by atoms with Crippen molar-refractivity contribution in [2.75, 3.05) is 5.32 Å². The molecule has 0 amide bonds. The standard InChI is InChI=1S/C8H7N3Se/c1-2-4-7(5-3-1)10-8-11-9-6-12-8/h1-6H,(H,10,11). The van der Waals surface area contributed by atoms with E-state index in [0.29, 0.717) is 0 Å². The summed E-state index contributed by atoms with van der Waals surface area (Å²) in [6.07, 6.45) is 0. The van der Waals surface area contributed by atoms with Crippen molar-refractivity contribution in [2.45, 2.75) is 0 Å². The van der Waals surface area contributed by atoms with E-state index in [1.54, 1.807) is 0 Å². The molecular weight excluding hydrogens is 217 g/mol. The van der Waals surface area contributed by atoms with Gasteiger partial charge in [-0.15, -0.1) is 0 Å². The van der Waals surface area contributed by atoms with Crippen LogP contribution in [0.2, 0.25) is 0 Å². The van der Waals surface area contributed by atoms with Crippen LogP contribution in [0.15, 0.2) is 35.4 Å². The molecule has 0 aliphatic rings. The molecule has 0 aliphatic carbocycles. The fraction of sp³-hybridized carbons (Fsp3) is 0. The molecule has 3 nitrogen and oxygen atoms in total. The number of nitrogens with one attached hydrogen (secondary N) is 1. The maximum absolute atomic E-state index is 3.93. The van der Waals surface area contributed by atoms with E-state index in [-0.39, 0.29) is 14.5 Å². The van der Waals surface area contributed by atoms with Gasteiger partial charge >= 0.3 is 75.8 Å². The first-order valence-electron chi connectivity index (χ1n) is 3.53. The number of benzene rings is 1. The van der Waals surface area contributed by atoms with Crippen LogP contribution in [-0.2, 0) is 0 Å². The van der Waals surface area contributed by atoms with Crippen molar-refractivity contribution in [2.24, 2.45) is 0 Å². The molecule has 0 spiro atoms. The average molecular weight is 224 g/mol. The van der Waals surface area contributed by atoms with Crippen LogP contribution in [0.3, 0.4) is 0 Å². The quantitative estimate of drug-likeness (QED) is 0.781. The molecule has 0 atom stereocenters. The molecule has 1 heterocycles. The summed E-state index contributed by atoms with van der Waals surface area (Å²) in [5.41, 5.74) is 1.07. The number of hydrogen-bond donors (Lipinski definition) is 1. The third-order valence-electron chi connectivity index (χ3n) is 1.39. The zero-order valence-electron chi connectivity index (χ0n) is 6.27. The molecule has 1 aromatic heterocycles. The third-order valence-corrected chi connectivity index (χ3v) is 2.66. The van der Waals surface area contributed by atoms with Crippen LogP contribution in [0, 0.1) is 0 Å². The summed E-state index contributed by atoms with van der Waals surface area (Å²) in [4.78, 5) is 0. The molecule has 0 fully saturated rings. The third kappa shape index (κ3) is 1.72. The molecule has 0 saturated heterocycles. The fourth-order valence-electron chi connectivity index (χ4n) is 0.872. The maximum atomic E-state index is 3.93. The molecule has 1 aromatic carbocycles. The number of hydrogen-bond acceptors (Lipinski definition) is 3. The summed E-state index contributed by atoms with van der Waals surface area (Å²) in [6, 6.07) is 9.99. The summed E-state index contributed by atoms with van der Waals surface area (Å²) in [7, 11) is 0. The Morgan fingerprint density at radius 3 is 2.67 bits per heavy atom. The van der Waals surface area contributed by atoms with Crippen LogP contribution in [0.4, 0.5) is 10.4 Å². The first-order chi connectivity index (χ1) is 5.95. The van der Waals surface area contributed by atoms with Gasteiger partial charge in [0.25, 0.3) is 0 Å². The van der Waals surface area contributed by atoms with Crippen molar-refractivity contribution in [3.8, 4) is 0 Å². The fourth-order valence-corrected chi connectivity index (χ4v) is 1.85. The van der Waals surface area contributed by atoms with Crippen LogP contribution in [0.1, 0.15) is 0 Å². The molecule has 0 aliphatic heterocycles. The van der Waals surface area contributed by atoms with Gasteiger partial charge in [0.05, 0.1) is 0 Å². The molecule has 60 valence electrons. The van der Waals surface area contributed by atoms with Crippen molar-refractivity contribution in [1.82, 2.24) is 10.2 Å². The van der Waals surface area contributed by atoms with Crippen molar-refractivity contribution >= 4 is 24.9 Å². The minimum atomic E-state index is 0.288. The Kier molecular flexibility index (Phi) is 2.21. The normalized spacial score (nSPS) is 9.67. The van der Waals surface area contributed by atoms with E-state index < -0.39 is 0 Å². The minimum absolute atomic E-state index is 0.288. The number of nitrogens with zero attached hydrogens (tertiary/aromatic N) is 2. The molecule has 2 aromatic rings. The van der Waals surface area contributed by atoms with E-state index >= 15 is 0 Å². The summed E-state index contributed by atoms with van der Waals surface area (Å²) in [6.45, 7) is 0. The zero-order chi connectivity index (χ0) is 8.23. The SMILES string of the molecule is c1ccc(Nc2nnc[se]2)cc1. The molecule has 2 rings (SSSR count). The van der Waals surface area contributed by atoms with Crippen LogP contribution in [0.5, 0.6) is 0 Å². The van der Waals surface area contributed by atoms with Gasteiger partial charge in [-0.05, 0) is 0 Å². The average Bonchev–Trinajstić information content (AvgIpc) is 2.59. The first-order valence-corrected chi connectivity index (χ1v) is 5.38. The van der Waals surface area contributed by atoms with Gasteiger partial charge in [0.2, 0.25) is 0 Å². The van der Waals surface area contributed by atoms with Gasteiger partial charge in [-0.3, -0.25) is 0 Å². The Morgan fingerprint density at radius 1 is 1.17 bits per heavy atom. The topological polar surface area (TPSA) is 37.8 Å². The summed E-state index contributed by atoms with van der Waals surface area (Å²) >= 11 is 0.288. The number of aromatic nitrogens is 2.